The molecule has 1 aromatic heterocycles. The van der Waals surface area contributed by atoms with E-state index in [0.29, 0.717) is 18.7 Å². The van der Waals surface area contributed by atoms with E-state index in [2.05, 4.69) is 5.32 Å². The number of carbonyl (C=O) groups excluding carboxylic acids is 1. The van der Waals surface area contributed by atoms with E-state index in [0.717, 1.165) is 21.8 Å². The number of benzene rings is 1. The van der Waals surface area contributed by atoms with Crippen molar-refractivity contribution in [2.75, 3.05) is 0 Å². The lowest BCUT2D eigenvalue weighted by atomic mass is 10.1. The Hall–Kier alpha value is -2.25. The lowest BCUT2D eigenvalue weighted by Gasteiger charge is -2.04. The fourth-order valence-electron chi connectivity index (χ4n) is 1.72. The first kappa shape index (κ1) is 14.2. The van der Waals surface area contributed by atoms with E-state index < -0.39 is 10.8 Å². The van der Waals surface area contributed by atoms with Crippen LogP contribution in [-0.4, -0.2) is 10.8 Å². The Bertz CT molecular complexity index is 639. The third-order valence-electron chi connectivity index (χ3n) is 2.67. The molecule has 2 rings (SSSR count). The molecule has 0 aliphatic carbocycles. The number of thiophene rings is 1. The molecule has 0 radical (unpaired) electrons. The zero-order valence-corrected chi connectivity index (χ0v) is 11.4. The molecule has 1 heterocycles. The monoisotopic (exact) mass is 291 g/mol. The summed E-state index contributed by atoms with van der Waals surface area (Å²) in [5.74, 6) is -0.458. The van der Waals surface area contributed by atoms with Crippen LogP contribution in [0.1, 0.15) is 20.8 Å². The SMILES string of the molecule is NC(=O)c1cccc(CNCc2ccc([N+](=O)[O-])s2)c1. The van der Waals surface area contributed by atoms with E-state index in [1.54, 1.807) is 24.3 Å². The molecule has 6 nitrogen and oxygen atoms in total. The largest absolute Gasteiger partial charge is 0.366 e. The van der Waals surface area contributed by atoms with Crippen LogP contribution >= 0.6 is 11.3 Å². The first-order valence-corrected chi connectivity index (χ1v) is 6.70. The van der Waals surface area contributed by atoms with Gasteiger partial charge in [0.15, 0.2) is 0 Å². The first-order valence-electron chi connectivity index (χ1n) is 5.89. The highest BCUT2D eigenvalue weighted by Crippen LogP contribution is 2.23. The van der Waals surface area contributed by atoms with Crippen molar-refractivity contribution in [3.8, 4) is 0 Å². The van der Waals surface area contributed by atoms with Crippen molar-refractivity contribution in [2.24, 2.45) is 5.73 Å². The van der Waals surface area contributed by atoms with Crippen molar-refractivity contribution in [1.82, 2.24) is 5.32 Å². The Kier molecular flexibility index (Phi) is 4.44. The van der Waals surface area contributed by atoms with Gasteiger partial charge in [0, 0.05) is 29.6 Å². The maximum absolute atomic E-state index is 11.1. The van der Waals surface area contributed by atoms with Gasteiger partial charge in [-0.25, -0.2) is 0 Å². The Morgan fingerprint density at radius 1 is 1.30 bits per heavy atom. The van der Waals surface area contributed by atoms with Gasteiger partial charge in [-0.05, 0) is 23.8 Å². The second-order valence-electron chi connectivity index (χ2n) is 4.17. The molecule has 20 heavy (non-hydrogen) atoms. The molecular weight excluding hydrogens is 278 g/mol. The third-order valence-corrected chi connectivity index (χ3v) is 3.70. The van der Waals surface area contributed by atoms with Crippen LogP contribution in [0.4, 0.5) is 5.00 Å². The van der Waals surface area contributed by atoms with Crippen molar-refractivity contribution in [2.45, 2.75) is 13.1 Å². The summed E-state index contributed by atoms with van der Waals surface area (Å²) in [6.45, 7) is 1.10. The quantitative estimate of drug-likeness (QED) is 0.628. The number of nitro groups is 1. The maximum Gasteiger partial charge on any atom is 0.324 e. The Morgan fingerprint density at radius 3 is 2.75 bits per heavy atom. The molecule has 0 atom stereocenters. The van der Waals surface area contributed by atoms with Crippen LogP contribution in [0.25, 0.3) is 0 Å². The molecule has 0 unspecified atom stereocenters. The van der Waals surface area contributed by atoms with Gasteiger partial charge in [-0.1, -0.05) is 23.5 Å². The first-order chi connectivity index (χ1) is 9.56. The average Bonchev–Trinajstić information content (AvgIpc) is 2.88. The van der Waals surface area contributed by atoms with Gasteiger partial charge >= 0.3 is 5.00 Å². The van der Waals surface area contributed by atoms with Crippen LogP contribution in [0.2, 0.25) is 0 Å². The number of amides is 1. The average molecular weight is 291 g/mol. The van der Waals surface area contributed by atoms with Gasteiger partial charge in [-0.3, -0.25) is 14.9 Å². The topological polar surface area (TPSA) is 98.3 Å². The number of hydrogen-bond donors (Lipinski definition) is 2. The molecule has 1 aromatic carbocycles. The molecule has 7 heteroatoms. The van der Waals surface area contributed by atoms with Crippen molar-refractivity contribution in [3.05, 3.63) is 62.5 Å². The fourth-order valence-corrected chi connectivity index (χ4v) is 2.51. The molecule has 0 saturated carbocycles. The highest BCUT2D eigenvalue weighted by atomic mass is 32.1. The summed E-state index contributed by atoms with van der Waals surface area (Å²) in [7, 11) is 0. The number of hydrogen-bond acceptors (Lipinski definition) is 5. The predicted octanol–water partition coefficient (Wildman–Crippen LogP) is 2.04. The van der Waals surface area contributed by atoms with Gasteiger partial charge in [-0.2, -0.15) is 0 Å². The zero-order chi connectivity index (χ0) is 14.5. The van der Waals surface area contributed by atoms with E-state index >= 15 is 0 Å². The third kappa shape index (κ3) is 3.62. The Balaban J connectivity index is 1.90. The zero-order valence-electron chi connectivity index (χ0n) is 10.5. The minimum absolute atomic E-state index is 0.137. The van der Waals surface area contributed by atoms with E-state index in [4.69, 9.17) is 5.73 Å². The van der Waals surface area contributed by atoms with Crippen LogP contribution in [0.15, 0.2) is 36.4 Å². The minimum atomic E-state index is -0.458. The summed E-state index contributed by atoms with van der Waals surface area (Å²) >= 11 is 1.15. The van der Waals surface area contributed by atoms with Crippen LogP contribution in [0.5, 0.6) is 0 Å². The van der Waals surface area contributed by atoms with Crippen molar-refractivity contribution >= 4 is 22.2 Å². The van der Waals surface area contributed by atoms with E-state index in [1.807, 2.05) is 6.07 Å². The normalized spacial score (nSPS) is 10.4. The lowest BCUT2D eigenvalue weighted by molar-refractivity contribution is -0.380. The molecule has 3 N–H and O–H groups in total. The van der Waals surface area contributed by atoms with Gasteiger partial charge in [0.1, 0.15) is 0 Å². The van der Waals surface area contributed by atoms with Gasteiger partial charge in [0.25, 0.3) is 0 Å². The summed E-state index contributed by atoms with van der Waals surface area (Å²) in [4.78, 5) is 22.1. The van der Waals surface area contributed by atoms with Crippen molar-refractivity contribution < 1.29 is 9.72 Å². The minimum Gasteiger partial charge on any atom is -0.366 e. The molecular formula is C13H13N3O3S. The standard InChI is InChI=1S/C13H13N3O3S/c14-13(17)10-3-1-2-9(6-10)7-15-8-11-4-5-12(20-11)16(18)19/h1-6,15H,7-8H2,(H2,14,17). The highest BCUT2D eigenvalue weighted by Gasteiger charge is 2.09. The van der Waals surface area contributed by atoms with E-state index in [9.17, 15) is 14.9 Å². The molecule has 0 spiro atoms. The Labute approximate surface area is 119 Å². The van der Waals surface area contributed by atoms with Crippen LogP contribution < -0.4 is 11.1 Å². The van der Waals surface area contributed by atoms with Gasteiger partial charge in [0.05, 0.1) is 4.92 Å². The van der Waals surface area contributed by atoms with Crippen LogP contribution in [-0.2, 0) is 13.1 Å². The van der Waals surface area contributed by atoms with E-state index in [1.165, 1.54) is 6.07 Å². The van der Waals surface area contributed by atoms with Crippen LogP contribution in [0.3, 0.4) is 0 Å². The smallest absolute Gasteiger partial charge is 0.324 e. The summed E-state index contributed by atoms with van der Waals surface area (Å²) in [6, 6.07) is 10.3. The van der Waals surface area contributed by atoms with Gasteiger partial charge in [-0.15, -0.1) is 0 Å². The number of nitrogens with one attached hydrogen (secondary N) is 1. The molecule has 2 aromatic rings. The van der Waals surface area contributed by atoms with Crippen molar-refractivity contribution in [1.29, 1.82) is 0 Å². The molecule has 0 aliphatic rings. The molecule has 0 fully saturated rings. The summed E-state index contributed by atoms with van der Waals surface area (Å²) in [5, 5.41) is 13.9. The fraction of sp³-hybridized carbons (Fsp3) is 0.154. The predicted molar refractivity (Wildman–Crippen MR) is 76.5 cm³/mol. The molecule has 0 aliphatic heterocycles. The second kappa shape index (κ2) is 6.27. The second-order valence-corrected chi connectivity index (χ2v) is 5.31. The Morgan fingerprint density at radius 2 is 2.10 bits per heavy atom. The number of nitrogens with zero attached hydrogens (tertiary/aromatic N) is 1. The lowest BCUT2D eigenvalue weighted by Crippen LogP contribution is -2.14. The molecule has 0 bridgehead atoms. The summed E-state index contributed by atoms with van der Waals surface area (Å²) < 4.78 is 0. The molecule has 0 saturated heterocycles. The number of primary amides is 1. The number of rotatable bonds is 6. The van der Waals surface area contributed by atoms with Gasteiger partial charge in [0.2, 0.25) is 5.91 Å². The molecule has 104 valence electrons. The summed E-state index contributed by atoms with van der Waals surface area (Å²) in [5.41, 5.74) is 6.62. The van der Waals surface area contributed by atoms with Gasteiger partial charge < -0.3 is 11.1 Å². The summed E-state index contributed by atoms with van der Waals surface area (Å²) in [6.07, 6.45) is 0. The maximum atomic E-state index is 11.1. The highest BCUT2D eigenvalue weighted by molar-refractivity contribution is 7.15. The van der Waals surface area contributed by atoms with Crippen molar-refractivity contribution in [3.63, 3.8) is 0 Å². The number of nitrogens with two attached hydrogens (primary N) is 1. The van der Waals surface area contributed by atoms with Crippen LogP contribution in [0, 0.1) is 10.1 Å². The van der Waals surface area contributed by atoms with E-state index in [-0.39, 0.29) is 5.00 Å². The number of carbonyl (C=O) groups is 1. The molecule has 1 amide bonds.